The number of para-hydroxylation sites is 1. The summed E-state index contributed by atoms with van der Waals surface area (Å²) in [6.07, 6.45) is 4.99. The Morgan fingerprint density at radius 3 is 2.30 bits per heavy atom. The van der Waals surface area contributed by atoms with Crippen molar-refractivity contribution in [1.29, 1.82) is 0 Å². The highest BCUT2D eigenvalue weighted by Gasteiger charge is 2.28. The molecule has 164 valence electrons. The van der Waals surface area contributed by atoms with Gasteiger partial charge in [0.1, 0.15) is 6.54 Å². The van der Waals surface area contributed by atoms with Crippen molar-refractivity contribution in [1.82, 2.24) is 5.32 Å². The predicted molar refractivity (Wildman–Crippen MR) is 123 cm³/mol. The molecular weight excluding hydrogens is 396 g/mol. The number of nitrogens with zero attached hydrogens (tertiary/aromatic N) is 1. The van der Waals surface area contributed by atoms with Crippen molar-refractivity contribution in [3.63, 3.8) is 0 Å². The van der Waals surface area contributed by atoms with Gasteiger partial charge < -0.3 is 5.32 Å². The number of rotatable bonds is 12. The van der Waals surface area contributed by atoms with E-state index in [4.69, 9.17) is 0 Å². The number of benzene rings is 2. The standard InChI is InChI=1S/C24H34N2O3S/c1-4-7-13-20(5-2)18-25-24(27)19-26(23-17-12-11-14-21(23)6-3)30(28,29)22-15-9-8-10-16-22/h8-12,14-17,20H,4-7,13,18-19H2,1-3H3,(H,25,27)/t20-/m0/s1. The summed E-state index contributed by atoms with van der Waals surface area (Å²) in [7, 11) is -3.87. The van der Waals surface area contributed by atoms with Crippen LogP contribution in [0.4, 0.5) is 5.69 Å². The number of aryl methyl sites for hydroxylation is 1. The summed E-state index contributed by atoms with van der Waals surface area (Å²) in [6.45, 7) is 6.59. The number of sulfonamides is 1. The van der Waals surface area contributed by atoms with Crippen molar-refractivity contribution in [3.05, 3.63) is 60.2 Å². The Morgan fingerprint density at radius 1 is 1.00 bits per heavy atom. The quantitative estimate of drug-likeness (QED) is 0.527. The minimum absolute atomic E-state index is 0.179. The molecule has 2 rings (SSSR count). The SMILES string of the molecule is CCCC[C@H](CC)CNC(=O)CN(c1ccccc1CC)S(=O)(=O)c1ccccc1. The van der Waals surface area contributed by atoms with Gasteiger partial charge in [-0.25, -0.2) is 8.42 Å². The fourth-order valence-electron chi connectivity index (χ4n) is 3.46. The van der Waals surface area contributed by atoms with Crippen LogP contribution in [0.2, 0.25) is 0 Å². The molecule has 0 unspecified atom stereocenters. The van der Waals surface area contributed by atoms with Crippen LogP contribution >= 0.6 is 0 Å². The lowest BCUT2D eigenvalue weighted by Gasteiger charge is -2.26. The number of hydrogen-bond acceptors (Lipinski definition) is 3. The maximum absolute atomic E-state index is 13.4. The smallest absolute Gasteiger partial charge is 0.264 e. The van der Waals surface area contributed by atoms with Crippen molar-refractivity contribution in [3.8, 4) is 0 Å². The second-order valence-electron chi connectivity index (χ2n) is 7.53. The third-order valence-electron chi connectivity index (χ3n) is 5.39. The lowest BCUT2D eigenvalue weighted by Crippen LogP contribution is -2.42. The van der Waals surface area contributed by atoms with Crippen LogP contribution in [0.15, 0.2) is 59.5 Å². The molecule has 1 N–H and O–H groups in total. The van der Waals surface area contributed by atoms with Gasteiger partial charge in [-0.3, -0.25) is 9.10 Å². The Kier molecular flexibility index (Phi) is 9.37. The van der Waals surface area contributed by atoms with E-state index in [1.807, 2.05) is 19.1 Å². The van der Waals surface area contributed by atoms with Crippen molar-refractivity contribution < 1.29 is 13.2 Å². The topological polar surface area (TPSA) is 66.5 Å². The summed E-state index contributed by atoms with van der Waals surface area (Å²) in [6, 6.07) is 15.6. The second kappa shape index (κ2) is 11.7. The number of carbonyl (C=O) groups excluding carboxylic acids is 1. The maximum atomic E-state index is 13.4. The molecule has 0 spiro atoms. The molecule has 1 amide bonds. The van der Waals surface area contributed by atoms with Crippen molar-refractivity contribution in [2.45, 2.75) is 57.8 Å². The summed E-state index contributed by atoms with van der Waals surface area (Å²) < 4.78 is 28.1. The molecular formula is C24H34N2O3S. The first kappa shape index (κ1) is 23.9. The molecule has 0 saturated carbocycles. The fourth-order valence-corrected chi connectivity index (χ4v) is 4.94. The largest absolute Gasteiger partial charge is 0.354 e. The minimum Gasteiger partial charge on any atom is -0.354 e. The first-order valence-corrected chi connectivity index (χ1v) is 12.3. The first-order chi connectivity index (χ1) is 14.4. The van der Waals surface area contributed by atoms with Gasteiger partial charge in [0.2, 0.25) is 5.91 Å². The molecule has 0 fully saturated rings. The van der Waals surface area contributed by atoms with Gasteiger partial charge in [0, 0.05) is 6.54 Å². The molecule has 5 nitrogen and oxygen atoms in total. The summed E-state index contributed by atoms with van der Waals surface area (Å²) in [5.74, 6) is 0.131. The molecule has 2 aromatic carbocycles. The molecule has 0 bridgehead atoms. The number of anilines is 1. The van der Waals surface area contributed by atoms with Gasteiger partial charge in [-0.1, -0.05) is 76.4 Å². The van der Waals surface area contributed by atoms with E-state index in [0.717, 1.165) is 31.2 Å². The summed E-state index contributed by atoms with van der Waals surface area (Å²) in [5, 5.41) is 2.96. The van der Waals surface area contributed by atoms with Crippen LogP contribution in [0.5, 0.6) is 0 Å². The highest BCUT2D eigenvalue weighted by molar-refractivity contribution is 7.92. The maximum Gasteiger partial charge on any atom is 0.264 e. The van der Waals surface area contributed by atoms with Crippen LogP contribution in [0.1, 0.15) is 52.0 Å². The normalized spacial score (nSPS) is 12.4. The number of nitrogens with one attached hydrogen (secondary N) is 1. The van der Waals surface area contributed by atoms with Gasteiger partial charge in [-0.2, -0.15) is 0 Å². The number of carbonyl (C=O) groups is 1. The molecule has 0 heterocycles. The summed E-state index contributed by atoms with van der Waals surface area (Å²) in [4.78, 5) is 13.0. The zero-order chi connectivity index (χ0) is 22.0. The molecule has 0 aliphatic rings. The lowest BCUT2D eigenvalue weighted by molar-refractivity contribution is -0.119. The fraction of sp³-hybridized carbons (Fsp3) is 0.458. The zero-order valence-corrected chi connectivity index (χ0v) is 19.1. The van der Waals surface area contributed by atoms with Crippen LogP contribution in [0.3, 0.4) is 0 Å². The van der Waals surface area contributed by atoms with E-state index in [1.165, 1.54) is 4.31 Å². The molecule has 0 aliphatic carbocycles. The van der Waals surface area contributed by atoms with Gasteiger partial charge in [0.25, 0.3) is 10.0 Å². The first-order valence-electron chi connectivity index (χ1n) is 10.9. The van der Waals surface area contributed by atoms with E-state index < -0.39 is 10.0 Å². The third-order valence-corrected chi connectivity index (χ3v) is 7.16. The van der Waals surface area contributed by atoms with Crippen molar-refractivity contribution in [2.75, 3.05) is 17.4 Å². The molecule has 0 aliphatic heterocycles. The Bertz CT molecular complexity index is 898. The van der Waals surface area contributed by atoms with Gasteiger partial charge in [0.05, 0.1) is 10.6 Å². The van der Waals surface area contributed by atoms with Crippen LogP contribution in [-0.4, -0.2) is 27.4 Å². The monoisotopic (exact) mass is 430 g/mol. The van der Waals surface area contributed by atoms with E-state index in [2.05, 4.69) is 19.2 Å². The van der Waals surface area contributed by atoms with E-state index in [0.29, 0.717) is 24.6 Å². The van der Waals surface area contributed by atoms with Crippen LogP contribution in [0.25, 0.3) is 0 Å². The highest BCUT2D eigenvalue weighted by Crippen LogP contribution is 2.27. The molecule has 1 atom stereocenters. The zero-order valence-electron chi connectivity index (χ0n) is 18.3. The summed E-state index contributed by atoms with van der Waals surface area (Å²) in [5.41, 5.74) is 1.44. The summed E-state index contributed by atoms with van der Waals surface area (Å²) >= 11 is 0. The highest BCUT2D eigenvalue weighted by atomic mass is 32.2. The van der Waals surface area contributed by atoms with Crippen LogP contribution < -0.4 is 9.62 Å². The lowest BCUT2D eigenvalue weighted by atomic mass is 9.99. The second-order valence-corrected chi connectivity index (χ2v) is 9.39. The Hall–Kier alpha value is -2.34. The Morgan fingerprint density at radius 2 is 1.67 bits per heavy atom. The van der Waals surface area contributed by atoms with Gasteiger partial charge in [0.15, 0.2) is 0 Å². The molecule has 6 heteroatoms. The van der Waals surface area contributed by atoms with E-state index >= 15 is 0 Å². The third kappa shape index (κ3) is 6.33. The van der Waals surface area contributed by atoms with E-state index in [-0.39, 0.29) is 17.3 Å². The van der Waals surface area contributed by atoms with Gasteiger partial charge in [-0.05, 0) is 42.5 Å². The van der Waals surface area contributed by atoms with Crippen molar-refractivity contribution >= 4 is 21.6 Å². The molecule has 0 saturated heterocycles. The number of unbranched alkanes of at least 4 members (excludes halogenated alkanes) is 1. The van der Waals surface area contributed by atoms with Gasteiger partial charge in [-0.15, -0.1) is 0 Å². The number of amides is 1. The van der Waals surface area contributed by atoms with Crippen LogP contribution in [0, 0.1) is 5.92 Å². The Balaban J connectivity index is 2.28. The van der Waals surface area contributed by atoms with E-state index in [9.17, 15) is 13.2 Å². The minimum atomic E-state index is -3.87. The molecule has 30 heavy (non-hydrogen) atoms. The van der Waals surface area contributed by atoms with E-state index in [1.54, 1.807) is 42.5 Å². The van der Waals surface area contributed by atoms with Crippen molar-refractivity contribution in [2.24, 2.45) is 5.92 Å². The molecule has 0 aromatic heterocycles. The molecule has 2 aromatic rings. The van der Waals surface area contributed by atoms with Crippen LogP contribution in [-0.2, 0) is 21.2 Å². The van der Waals surface area contributed by atoms with Gasteiger partial charge >= 0.3 is 0 Å². The predicted octanol–water partition coefficient (Wildman–Crippen LogP) is 4.78. The molecule has 0 radical (unpaired) electrons. The number of hydrogen-bond donors (Lipinski definition) is 1. The average Bonchev–Trinajstić information content (AvgIpc) is 2.78. The Labute approximate surface area is 181 Å². The average molecular weight is 431 g/mol.